The van der Waals surface area contributed by atoms with E-state index in [1.165, 1.54) is 10.4 Å². The minimum absolute atomic E-state index is 0.0953. The molecule has 0 fully saturated rings. The molecular formula is C25H34O4Si. The summed E-state index contributed by atoms with van der Waals surface area (Å²) in [6, 6.07) is 20.9. The van der Waals surface area contributed by atoms with Crippen LogP contribution in [0.1, 0.15) is 41.0 Å². The third kappa shape index (κ3) is 5.69. The zero-order valence-electron chi connectivity index (χ0n) is 18.7. The van der Waals surface area contributed by atoms with Crippen LogP contribution in [-0.4, -0.2) is 38.7 Å². The van der Waals surface area contributed by atoms with Crippen LogP contribution in [0.4, 0.5) is 0 Å². The molecule has 1 unspecified atom stereocenters. The Bertz CT molecular complexity index is 786. The van der Waals surface area contributed by atoms with Crippen molar-refractivity contribution in [3.8, 4) is 0 Å². The largest absolute Gasteiger partial charge is 0.464 e. The summed E-state index contributed by atoms with van der Waals surface area (Å²) in [5.41, 5.74) is 0.897. The molecule has 162 valence electrons. The Hall–Kier alpha value is -2.21. The molecule has 0 aliphatic rings. The van der Waals surface area contributed by atoms with E-state index in [-0.39, 0.29) is 18.1 Å². The lowest BCUT2D eigenvalue weighted by Gasteiger charge is -2.42. The van der Waals surface area contributed by atoms with Gasteiger partial charge in [0.2, 0.25) is 0 Å². The van der Waals surface area contributed by atoms with Crippen LogP contribution in [0.15, 0.2) is 72.3 Å². The number of hydrogen-bond acceptors (Lipinski definition) is 4. The van der Waals surface area contributed by atoms with Gasteiger partial charge in [-0.1, -0.05) is 93.1 Å². The molecule has 0 saturated heterocycles. The summed E-state index contributed by atoms with van der Waals surface area (Å²) >= 11 is 0. The van der Waals surface area contributed by atoms with Gasteiger partial charge >= 0.3 is 5.97 Å². The van der Waals surface area contributed by atoms with Crippen molar-refractivity contribution >= 4 is 24.7 Å². The van der Waals surface area contributed by atoms with E-state index in [1.54, 1.807) is 6.92 Å². The van der Waals surface area contributed by atoms with Gasteiger partial charge in [-0.3, -0.25) is 0 Å². The van der Waals surface area contributed by atoms with Gasteiger partial charge in [0.25, 0.3) is 8.32 Å². The Morgan fingerprint density at radius 3 is 1.97 bits per heavy atom. The number of ether oxygens (including phenoxy) is 1. The molecule has 0 saturated carbocycles. The summed E-state index contributed by atoms with van der Waals surface area (Å²) in [5.74, 6) is -0.585. The molecule has 0 radical (unpaired) electrons. The third-order valence-electron chi connectivity index (χ3n) is 5.22. The number of rotatable bonds is 9. The van der Waals surface area contributed by atoms with E-state index in [0.717, 1.165) is 5.57 Å². The van der Waals surface area contributed by atoms with Crippen LogP contribution in [0.5, 0.6) is 0 Å². The number of aliphatic hydroxyl groups is 1. The summed E-state index contributed by atoms with van der Waals surface area (Å²) in [6.45, 7) is 11.0. The standard InChI is InChI=1S/C25H34O4Si/c1-6-28-24(27)23(26)19-20(2)17-18-29-30(25(3,4)5,21-13-9-7-10-14-21)22-15-11-8-12-16-22/h7-17,23,26H,6,18-19H2,1-5H3/b20-17+. The number of carbonyl (C=O) groups excluding carboxylic acids is 1. The molecule has 0 aliphatic heterocycles. The first kappa shape index (κ1) is 24.1. The summed E-state index contributed by atoms with van der Waals surface area (Å²) in [4.78, 5) is 11.7. The van der Waals surface area contributed by atoms with E-state index in [0.29, 0.717) is 6.61 Å². The van der Waals surface area contributed by atoms with Crippen molar-refractivity contribution in [3.05, 3.63) is 72.3 Å². The molecule has 0 heterocycles. The average molecular weight is 427 g/mol. The second-order valence-electron chi connectivity index (χ2n) is 8.50. The highest BCUT2D eigenvalue weighted by molar-refractivity contribution is 6.99. The first-order valence-corrected chi connectivity index (χ1v) is 12.4. The van der Waals surface area contributed by atoms with Crippen LogP contribution in [0.2, 0.25) is 5.04 Å². The number of esters is 1. The predicted molar refractivity (Wildman–Crippen MR) is 125 cm³/mol. The highest BCUT2D eigenvalue weighted by atomic mass is 28.4. The van der Waals surface area contributed by atoms with Crippen molar-refractivity contribution in [2.24, 2.45) is 0 Å². The third-order valence-corrected chi connectivity index (χ3v) is 10.2. The van der Waals surface area contributed by atoms with E-state index < -0.39 is 20.4 Å². The first-order valence-electron chi connectivity index (χ1n) is 10.5. The normalized spacial score (nSPS) is 13.7. The van der Waals surface area contributed by atoms with Gasteiger partial charge in [0.15, 0.2) is 6.10 Å². The number of hydrogen-bond donors (Lipinski definition) is 1. The van der Waals surface area contributed by atoms with Gasteiger partial charge in [0, 0.05) is 6.42 Å². The van der Waals surface area contributed by atoms with Crippen molar-refractivity contribution in [2.75, 3.05) is 13.2 Å². The smallest absolute Gasteiger partial charge is 0.335 e. The molecule has 1 atom stereocenters. The Balaban J connectivity index is 2.32. The van der Waals surface area contributed by atoms with Crippen molar-refractivity contribution < 1.29 is 19.1 Å². The summed E-state index contributed by atoms with van der Waals surface area (Å²) in [6.07, 6.45) is 1.05. The first-order chi connectivity index (χ1) is 14.2. The molecule has 0 bridgehead atoms. The van der Waals surface area contributed by atoms with Crippen LogP contribution < -0.4 is 10.4 Å². The van der Waals surface area contributed by atoms with Crippen LogP contribution in [0.3, 0.4) is 0 Å². The van der Waals surface area contributed by atoms with Gasteiger partial charge in [0.05, 0.1) is 13.2 Å². The number of benzene rings is 2. The average Bonchev–Trinajstić information content (AvgIpc) is 2.71. The molecule has 0 amide bonds. The molecular weight excluding hydrogens is 392 g/mol. The zero-order chi connectivity index (χ0) is 22.2. The summed E-state index contributed by atoms with van der Waals surface area (Å²) in [5, 5.41) is 12.4. The molecule has 0 spiro atoms. The molecule has 2 rings (SSSR count). The van der Waals surface area contributed by atoms with Crippen molar-refractivity contribution in [1.82, 2.24) is 0 Å². The lowest BCUT2D eigenvalue weighted by Crippen LogP contribution is -2.66. The van der Waals surface area contributed by atoms with Gasteiger partial charge in [-0.05, 0) is 29.3 Å². The molecule has 0 aromatic heterocycles. The van der Waals surface area contributed by atoms with Crippen LogP contribution >= 0.6 is 0 Å². The lowest BCUT2D eigenvalue weighted by molar-refractivity contribution is -0.152. The lowest BCUT2D eigenvalue weighted by atomic mass is 10.1. The van der Waals surface area contributed by atoms with Crippen molar-refractivity contribution in [2.45, 2.75) is 52.2 Å². The Kier molecular flexibility index (Phi) is 8.59. The SMILES string of the molecule is CCOC(=O)C(O)C/C(C)=C/CO[Si](c1ccccc1)(c1ccccc1)C(C)(C)C. The van der Waals surface area contributed by atoms with E-state index in [2.05, 4.69) is 69.3 Å². The predicted octanol–water partition coefficient (Wildman–Crippen LogP) is 3.82. The van der Waals surface area contributed by atoms with Gasteiger partial charge < -0.3 is 14.3 Å². The van der Waals surface area contributed by atoms with Crippen molar-refractivity contribution in [1.29, 1.82) is 0 Å². The van der Waals surface area contributed by atoms with Crippen LogP contribution in [0, 0.1) is 0 Å². The molecule has 1 N–H and O–H groups in total. The summed E-state index contributed by atoms with van der Waals surface area (Å²) in [7, 11) is -2.59. The Morgan fingerprint density at radius 2 is 1.53 bits per heavy atom. The van der Waals surface area contributed by atoms with E-state index in [4.69, 9.17) is 9.16 Å². The highest BCUT2D eigenvalue weighted by Crippen LogP contribution is 2.36. The fourth-order valence-corrected chi connectivity index (χ4v) is 8.27. The van der Waals surface area contributed by atoms with E-state index >= 15 is 0 Å². The summed E-state index contributed by atoms with van der Waals surface area (Å²) < 4.78 is 11.7. The van der Waals surface area contributed by atoms with Crippen LogP contribution in [-0.2, 0) is 14.0 Å². The monoisotopic (exact) mass is 426 g/mol. The molecule has 30 heavy (non-hydrogen) atoms. The van der Waals surface area contributed by atoms with Crippen molar-refractivity contribution in [3.63, 3.8) is 0 Å². The molecule has 0 aliphatic carbocycles. The quantitative estimate of drug-likeness (QED) is 0.376. The second-order valence-corrected chi connectivity index (χ2v) is 12.8. The zero-order valence-corrected chi connectivity index (χ0v) is 19.7. The fraction of sp³-hybridized carbons (Fsp3) is 0.400. The number of aliphatic hydroxyl groups excluding tert-OH is 1. The van der Waals surface area contributed by atoms with Crippen LogP contribution in [0.25, 0.3) is 0 Å². The molecule has 5 heteroatoms. The van der Waals surface area contributed by atoms with Gasteiger partial charge in [-0.25, -0.2) is 4.79 Å². The van der Waals surface area contributed by atoms with Gasteiger partial charge in [-0.2, -0.15) is 0 Å². The van der Waals surface area contributed by atoms with E-state index in [9.17, 15) is 9.90 Å². The maximum Gasteiger partial charge on any atom is 0.335 e. The molecule has 2 aromatic carbocycles. The van der Waals surface area contributed by atoms with Gasteiger partial charge in [0.1, 0.15) is 0 Å². The fourth-order valence-electron chi connectivity index (χ4n) is 3.78. The highest BCUT2D eigenvalue weighted by Gasteiger charge is 2.49. The Morgan fingerprint density at radius 1 is 1.03 bits per heavy atom. The molecule has 2 aromatic rings. The minimum Gasteiger partial charge on any atom is -0.464 e. The second kappa shape index (κ2) is 10.7. The Labute approximate surface area is 181 Å². The maximum absolute atomic E-state index is 11.7. The van der Waals surface area contributed by atoms with E-state index in [1.807, 2.05) is 25.1 Å². The number of carbonyl (C=O) groups is 1. The minimum atomic E-state index is -2.59. The maximum atomic E-state index is 11.7. The molecule has 4 nitrogen and oxygen atoms in total. The van der Waals surface area contributed by atoms with Gasteiger partial charge in [-0.15, -0.1) is 0 Å². The topological polar surface area (TPSA) is 55.8 Å².